The number of methoxy groups -OCH3 is 1. The van der Waals surface area contributed by atoms with E-state index in [0.717, 1.165) is 37.4 Å². The Hall–Kier alpha value is -3.26. The summed E-state index contributed by atoms with van der Waals surface area (Å²) in [6.07, 6.45) is 2.54. The van der Waals surface area contributed by atoms with E-state index in [1.54, 1.807) is 13.3 Å². The van der Waals surface area contributed by atoms with E-state index in [1.165, 1.54) is 0 Å². The fourth-order valence-electron chi connectivity index (χ4n) is 3.31. The summed E-state index contributed by atoms with van der Waals surface area (Å²) in [6, 6.07) is 25.6. The first-order valence-corrected chi connectivity index (χ1v) is 11.3. The number of benzene rings is 3. The minimum Gasteiger partial charge on any atom is -0.497 e. The number of halogens is 1. The van der Waals surface area contributed by atoms with Gasteiger partial charge in [-0.25, -0.2) is 9.97 Å². The standard InChI is InChI=1S/C26H22IN3O2/c1-32-22-13-9-20(10-14-22)24-17-28-26(23(29-24)15-18-5-3-2-4-6-18)30-25(31)16-19-7-11-21(27)12-8-19/h2-14,17H,15-16H2,1H3,(H,28,30,31). The molecule has 6 heteroatoms. The first-order chi connectivity index (χ1) is 15.6. The van der Waals surface area contributed by atoms with Gasteiger partial charge in [-0.1, -0.05) is 42.5 Å². The molecule has 1 aromatic heterocycles. The van der Waals surface area contributed by atoms with Crippen molar-refractivity contribution >= 4 is 34.3 Å². The summed E-state index contributed by atoms with van der Waals surface area (Å²) in [6.45, 7) is 0. The number of aromatic nitrogens is 2. The number of rotatable bonds is 7. The van der Waals surface area contributed by atoms with Gasteiger partial charge in [0.25, 0.3) is 0 Å². The highest BCUT2D eigenvalue weighted by Gasteiger charge is 2.13. The van der Waals surface area contributed by atoms with E-state index in [0.29, 0.717) is 12.2 Å². The lowest BCUT2D eigenvalue weighted by atomic mass is 10.1. The SMILES string of the molecule is COc1ccc(-c2cnc(NC(=O)Cc3ccc(I)cc3)c(Cc3ccccc3)n2)cc1. The number of anilines is 1. The summed E-state index contributed by atoms with van der Waals surface area (Å²) >= 11 is 2.25. The summed E-state index contributed by atoms with van der Waals surface area (Å²) in [5, 5.41) is 2.96. The van der Waals surface area contributed by atoms with Gasteiger partial charge in [-0.2, -0.15) is 0 Å². The van der Waals surface area contributed by atoms with Crippen molar-refractivity contribution in [2.75, 3.05) is 12.4 Å². The van der Waals surface area contributed by atoms with Crippen LogP contribution in [0, 0.1) is 3.57 Å². The number of hydrogen-bond acceptors (Lipinski definition) is 4. The fourth-order valence-corrected chi connectivity index (χ4v) is 3.67. The molecule has 0 aliphatic carbocycles. The van der Waals surface area contributed by atoms with Gasteiger partial charge in [0.1, 0.15) is 5.75 Å². The number of nitrogens with zero attached hydrogens (tertiary/aromatic N) is 2. The normalized spacial score (nSPS) is 10.6. The Kier molecular flexibility index (Phi) is 7.11. The highest BCUT2D eigenvalue weighted by molar-refractivity contribution is 14.1. The predicted molar refractivity (Wildman–Crippen MR) is 135 cm³/mol. The summed E-state index contributed by atoms with van der Waals surface area (Å²) in [7, 11) is 1.64. The van der Waals surface area contributed by atoms with E-state index in [2.05, 4.69) is 32.9 Å². The smallest absolute Gasteiger partial charge is 0.229 e. The second-order valence-corrected chi connectivity index (χ2v) is 8.54. The summed E-state index contributed by atoms with van der Waals surface area (Å²) in [4.78, 5) is 22.1. The zero-order valence-corrected chi connectivity index (χ0v) is 19.7. The van der Waals surface area contributed by atoms with E-state index in [1.807, 2.05) is 78.9 Å². The van der Waals surface area contributed by atoms with Gasteiger partial charge in [0, 0.05) is 15.6 Å². The Morgan fingerprint density at radius 2 is 1.66 bits per heavy atom. The molecule has 0 aliphatic heterocycles. The number of carbonyl (C=O) groups excluding carboxylic acids is 1. The largest absolute Gasteiger partial charge is 0.497 e. The molecule has 1 heterocycles. The minimum absolute atomic E-state index is 0.119. The number of hydrogen-bond donors (Lipinski definition) is 1. The molecule has 1 N–H and O–H groups in total. The molecule has 0 aliphatic rings. The van der Waals surface area contributed by atoms with E-state index in [4.69, 9.17) is 9.72 Å². The van der Waals surface area contributed by atoms with Crippen LogP contribution in [-0.4, -0.2) is 23.0 Å². The molecule has 0 spiro atoms. The zero-order valence-electron chi connectivity index (χ0n) is 17.6. The molecule has 32 heavy (non-hydrogen) atoms. The van der Waals surface area contributed by atoms with Crippen molar-refractivity contribution in [3.05, 3.63) is 105 Å². The minimum atomic E-state index is -0.119. The zero-order chi connectivity index (χ0) is 22.3. The van der Waals surface area contributed by atoms with Crippen LogP contribution in [0.3, 0.4) is 0 Å². The van der Waals surface area contributed by atoms with Crippen molar-refractivity contribution in [3.8, 4) is 17.0 Å². The lowest BCUT2D eigenvalue weighted by Gasteiger charge is -2.12. The van der Waals surface area contributed by atoms with Crippen molar-refractivity contribution in [3.63, 3.8) is 0 Å². The Labute approximate surface area is 201 Å². The molecule has 0 atom stereocenters. The van der Waals surface area contributed by atoms with Crippen molar-refractivity contribution in [1.29, 1.82) is 0 Å². The molecular weight excluding hydrogens is 513 g/mol. The fraction of sp³-hybridized carbons (Fsp3) is 0.115. The molecular formula is C26H22IN3O2. The first kappa shape index (κ1) is 22.0. The van der Waals surface area contributed by atoms with Gasteiger partial charge in [0.05, 0.1) is 31.1 Å². The van der Waals surface area contributed by atoms with Gasteiger partial charge < -0.3 is 10.1 Å². The van der Waals surface area contributed by atoms with Gasteiger partial charge in [0.2, 0.25) is 5.91 Å². The topological polar surface area (TPSA) is 64.1 Å². The quantitative estimate of drug-likeness (QED) is 0.316. The lowest BCUT2D eigenvalue weighted by Crippen LogP contribution is -2.17. The molecule has 4 rings (SSSR count). The molecule has 1 amide bonds. The van der Waals surface area contributed by atoms with Crippen molar-refractivity contribution < 1.29 is 9.53 Å². The van der Waals surface area contributed by atoms with Crippen LogP contribution in [0.2, 0.25) is 0 Å². The molecule has 3 aromatic carbocycles. The maximum Gasteiger partial charge on any atom is 0.229 e. The van der Waals surface area contributed by atoms with Crippen LogP contribution in [0.4, 0.5) is 5.82 Å². The molecule has 0 bridgehead atoms. The van der Waals surface area contributed by atoms with Crippen LogP contribution in [0.5, 0.6) is 5.75 Å². The second kappa shape index (κ2) is 10.4. The third-order valence-corrected chi connectivity index (χ3v) is 5.70. The molecule has 0 unspecified atom stereocenters. The highest BCUT2D eigenvalue weighted by Crippen LogP contribution is 2.24. The molecule has 0 radical (unpaired) electrons. The Morgan fingerprint density at radius 1 is 0.938 bits per heavy atom. The van der Waals surface area contributed by atoms with Gasteiger partial charge >= 0.3 is 0 Å². The summed E-state index contributed by atoms with van der Waals surface area (Å²) in [5.74, 6) is 1.15. The van der Waals surface area contributed by atoms with Gasteiger partial charge in [0.15, 0.2) is 5.82 Å². The molecule has 5 nitrogen and oxygen atoms in total. The summed E-state index contributed by atoms with van der Waals surface area (Å²) < 4.78 is 6.38. The average molecular weight is 535 g/mol. The molecule has 0 fully saturated rings. The first-order valence-electron chi connectivity index (χ1n) is 10.2. The number of amides is 1. The van der Waals surface area contributed by atoms with Crippen LogP contribution in [0.25, 0.3) is 11.3 Å². The molecule has 4 aromatic rings. The van der Waals surface area contributed by atoms with E-state index >= 15 is 0 Å². The van der Waals surface area contributed by atoms with Crippen molar-refractivity contribution in [1.82, 2.24) is 9.97 Å². The maximum absolute atomic E-state index is 12.7. The van der Waals surface area contributed by atoms with Gasteiger partial charge in [-0.3, -0.25) is 4.79 Å². The highest BCUT2D eigenvalue weighted by atomic mass is 127. The van der Waals surface area contributed by atoms with Crippen LogP contribution < -0.4 is 10.1 Å². The van der Waals surface area contributed by atoms with Crippen molar-refractivity contribution in [2.45, 2.75) is 12.8 Å². The van der Waals surface area contributed by atoms with Crippen LogP contribution in [0.1, 0.15) is 16.8 Å². The van der Waals surface area contributed by atoms with E-state index in [-0.39, 0.29) is 12.3 Å². The number of nitrogens with one attached hydrogen (secondary N) is 1. The summed E-state index contributed by atoms with van der Waals surface area (Å²) in [5.41, 5.74) is 4.45. The molecule has 160 valence electrons. The Morgan fingerprint density at radius 3 is 2.34 bits per heavy atom. The van der Waals surface area contributed by atoms with Crippen LogP contribution >= 0.6 is 22.6 Å². The van der Waals surface area contributed by atoms with Crippen LogP contribution in [0.15, 0.2) is 85.1 Å². The third-order valence-electron chi connectivity index (χ3n) is 4.98. The lowest BCUT2D eigenvalue weighted by molar-refractivity contribution is -0.115. The Bertz CT molecular complexity index is 1190. The van der Waals surface area contributed by atoms with Crippen molar-refractivity contribution in [2.24, 2.45) is 0 Å². The van der Waals surface area contributed by atoms with Gasteiger partial charge in [-0.05, 0) is 70.1 Å². The number of ether oxygens (including phenoxy) is 1. The third kappa shape index (κ3) is 5.70. The predicted octanol–water partition coefficient (Wildman–Crippen LogP) is 5.53. The maximum atomic E-state index is 12.7. The van der Waals surface area contributed by atoms with E-state index in [9.17, 15) is 4.79 Å². The second-order valence-electron chi connectivity index (χ2n) is 7.29. The van der Waals surface area contributed by atoms with Gasteiger partial charge in [-0.15, -0.1) is 0 Å². The average Bonchev–Trinajstić information content (AvgIpc) is 2.82. The monoisotopic (exact) mass is 535 g/mol. The van der Waals surface area contributed by atoms with E-state index < -0.39 is 0 Å². The van der Waals surface area contributed by atoms with Crippen LogP contribution in [-0.2, 0) is 17.6 Å². The number of carbonyl (C=O) groups is 1. The Balaban J connectivity index is 1.60. The molecule has 0 saturated heterocycles. The molecule has 0 saturated carbocycles.